The van der Waals surface area contributed by atoms with Crippen LogP contribution in [-0.2, 0) is 13.1 Å². The van der Waals surface area contributed by atoms with Crippen molar-refractivity contribution in [3.05, 3.63) is 71.9 Å². The van der Waals surface area contributed by atoms with Gasteiger partial charge in [-0.05, 0) is 68.2 Å². The number of fused-ring (bicyclic) bond motifs is 1. The van der Waals surface area contributed by atoms with E-state index < -0.39 is 0 Å². The molecule has 4 aromatic rings. The van der Waals surface area contributed by atoms with Gasteiger partial charge in [-0.15, -0.1) is 0 Å². The maximum absolute atomic E-state index is 5.79. The zero-order chi connectivity index (χ0) is 20.3. The zero-order valence-corrected chi connectivity index (χ0v) is 17.6. The lowest BCUT2D eigenvalue weighted by molar-refractivity contribution is 0.273. The number of likely N-dealkylation sites (tertiary alicyclic amines) is 1. The highest BCUT2D eigenvalue weighted by Crippen LogP contribution is 2.22. The number of aromatic nitrogens is 3. The third-order valence-corrected chi connectivity index (χ3v) is 5.97. The number of imidazole rings is 1. The Morgan fingerprint density at radius 2 is 1.73 bits per heavy atom. The number of hydrogen-bond donors (Lipinski definition) is 0. The van der Waals surface area contributed by atoms with Gasteiger partial charge in [0.2, 0.25) is 5.89 Å². The lowest BCUT2D eigenvalue weighted by Gasteiger charge is -2.17. The lowest BCUT2D eigenvalue weighted by atomic mass is 10.1. The molecule has 0 amide bonds. The fourth-order valence-corrected chi connectivity index (χ4v) is 4.28. The smallest absolute Gasteiger partial charge is 0.226 e. The number of aryl methyl sites for hydroxylation is 1. The number of rotatable bonds is 5. The molecule has 1 saturated heterocycles. The lowest BCUT2D eigenvalue weighted by Crippen LogP contribution is -2.24. The second-order valence-electron chi connectivity index (χ2n) is 8.40. The Balaban J connectivity index is 1.28. The van der Waals surface area contributed by atoms with E-state index in [1.807, 2.05) is 12.6 Å². The van der Waals surface area contributed by atoms with Gasteiger partial charge in [-0.2, -0.15) is 0 Å². The Labute approximate surface area is 177 Å². The molecule has 1 aliphatic heterocycles. The Morgan fingerprint density at radius 3 is 2.53 bits per heavy atom. The molecule has 3 heterocycles. The minimum atomic E-state index is 0.704. The summed E-state index contributed by atoms with van der Waals surface area (Å²) in [6, 6.07) is 14.9. The largest absolute Gasteiger partial charge is 0.444 e. The first-order valence-corrected chi connectivity index (χ1v) is 10.9. The van der Waals surface area contributed by atoms with E-state index in [4.69, 9.17) is 9.40 Å². The molecule has 5 rings (SSSR count). The van der Waals surface area contributed by atoms with Crippen molar-refractivity contribution in [2.24, 2.45) is 0 Å². The molecule has 1 fully saturated rings. The second kappa shape index (κ2) is 8.44. The summed E-state index contributed by atoms with van der Waals surface area (Å²) in [6.45, 7) is 6.13. The van der Waals surface area contributed by atoms with Gasteiger partial charge in [-0.25, -0.2) is 9.97 Å². The van der Waals surface area contributed by atoms with E-state index in [0.717, 1.165) is 29.9 Å². The van der Waals surface area contributed by atoms with Gasteiger partial charge in [0.25, 0.3) is 0 Å². The van der Waals surface area contributed by atoms with E-state index in [0.29, 0.717) is 5.89 Å². The minimum Gasteiger partial charge on any atom is -0.444 e. The molecule has 0 bridgehead atoms. The Morgan fingerprint density at radius 1 is 0.933 bits per heavy atom. The van der Waals surface area contributed by atoms with Gasteiger partial charge >= 0.3 is 0 Å². The van der Waals surface area contributed by atoms with Gasteiger partial charge in [-0.1, -0.05) is 31.0 Å². The van der Waals surface area contributed by atoms with E-state index in [-0.39, 0.29) is 0 Å². The van der Waals surface area contributed by atoms with Crippen LogP contribution in [0.15, 0.2) is 59.5 Å². The van der Waals surface area contributed by atoms with Crippen LogP contribution < -0.4 is 0 Å². The maximum Gasteiger partial charge on any atom is 0.226 e. The fourth-order valence-electron chi connectivity index (χ4n) is 4.28. The first-order chi connectivity index (χ1) is 14.7. The van der Waals surface area contributed by atoms with Crippen molar-refractivity contribution < 1.29 is 4.42 Å². The summed E-state index contributed by atoms with van der Waals surface area (Å²) in [5.74, 6) is 0.704. The topological polar surface area (TPSA) is 47.1 Å². The van der Waals surface area contributed by atoms with Crippen LogP contribution in [0.2, 0.25) is 0 Å². The summed E-state index contributed by atoms with van der Waals surface area (Å²) in [4.78, 5) is 11.7. The van der Waals surface area contributed by atoms with Crippen LogP contribution in [-0.4, -0.2) is 32.5 Å². The van der Waals surface area contributed by atoms with Crippen molar-refractivity contribution in [1.29, 1.82) is 0 Å². The number of hydrogen-bond acceptors (Lipinski definition) is 4. The van der Waals surface area contributed by atoms with Crippen LogP contribution >= 0.6 is 0 Å². The standard InChI is InChI=1S/C25H28N4O/c1-19-6-11-23-24(14-19)29(18-26-23)15-20-7-9-21(10-8-20)25-27-22(17-30-25)16-28-12-4-2-3-5-13-28/h6-11,14,17-18H,2-5,12-13,15-16H2,1H3. The van der Waals surface area contributed by atoms with Crippen LogP contribution in [0.4, 0.5) is 0 Å². The molecule has 0 saturated carbocycles. The minimum absolute atomic E-state index is 0.704. The molecule has 0 radical (unpaired) electrons. The molecule has 1 aliphatic rings. The van der Waals surface area contributed by atoms with Crippen LogP contribution in [0.5, 0.6) is 0 Å². The molecule has 2 aromatic carbocycles. The van der Waals surface area contributed by atoms with E-state index in [9.17, 15) is 0 Å². The Bertz CT molecular complexity index is 1120. The van der Waals surface area contributed by atoms with Crippen LogP contribution in [0, 0.1) is 6.92 Å². The number of benzene rings is 2. The third-order valence-electron chi connectivity index (χ3n) is 5.97. The van der Waals surface area contributed by atoms with Crippen molar-refractivity contribution >= 4 is 11.0 Å². The summed E-state index contributed by atoms with van der Waals surface area (Å²) >= 11 is 0. The molecule has 154 valence electrons. The first-order valence-electron chi connectivity index (χ1n) is 10.9. The van der Waals surface area contributed by atoms with Gasteiger partial charge < -0.3 is 8.98 Å². The Kier molecular flexibility index (Phi) is 5.37. The van der Waals surface area contributed by atoms with E-state index in [1.165, 1.54) is 55.4 Å². The van der Waals surface area contributed by atoms with Gasteiger partial charge in [0.15, 0.2) is 0 Å². The monoisotopic (exact) mass is 400 g/mol. The van der Waals surface area contributed by atoms with Gasteiger partial charge in [0.1, 0.15) is 6.26 Å². The van der Waals surface area contributed by atoms with E-state index in [1.54, 1.807) is 0 Å². The van der Waals surface area contributed by atoms with Crippen molar-refractivity contribution in [1.82, 2.24) is 19.4 Å². The van der Waals surface area contributed by atoms with Gasteiger partial charge in [0, 0.05) is 18.7 Å². The summed E-state index contributed by atoms with van der Waals surface area (Å²) in [5.41, 5.74) is 6.73. The fraction of sp³-hybridized carbons (Fsp3) is 0.360. The number of oxazole rings is 1. The highest BCUT2D eigenvalue weighted by molar-refractivity contribution is 5.76. The molecule has 0 unspecified atom stereocenters. The number of nitrogens with zero attached hydrogens (tertiary/aromatic N) is 4. The van der Waals surface area contributed by atoms with Crippen molar-refractivity contribution in [2.75, 3.05) is 13.1 Å². The molecule has 0 atom stereocenters. The summed E-state index contributed by atoms with van der Waals surface area (Å²) in [5, 5.41) is 0. The summed E-state index contributed by atoms with van der Waals surface area (Å²) in [6.07, 6.45) is 9.01. The van der Waals surface area contributed by atoms with Crippen LogP contribution in [0.25, 0.3) is 22.5 Å². The van der Waals surface area contributed by atoms with Crippen LogP contribution in [0.3, 0.4) is 0 Å². The average Bonchev–Trinajstić information content (AvgIpc) is 3.29. The molecule has 0 N–H and O–H groups in total. The molecular formula is C25H28N4O. The zero-order valence-electron chi connectivity index (χ0n) is 17.6. The van der Waals surface area contributed by atoms with Gasteiger partial charge in [0.05, 0.1) is 23.1 Å². The molecule has 5 nitrogen and oxygen atoms in total. The quantitative estimate of drug-likeness (QED) is 0.448. The van der Waals surface area contributed by atoms with Gasteiger partial charge in [-0.3, -0.25) is 4.90 Å². The molecule has 0 aliphatic carbocycles. The second-order valence-corrected chi connectivity index (χ2v) is 8.40. The first kappa shape index (κ1) is 19.1. The van der Waals surface area contributed by atoms with E-state index in [2.05, 4.69) is 63.8 Å². The molecule has 30 heavy (non-hydrogen) atoms. The molecule has 2 aromatic heterocycles. The predicted octanol–water partition coefficient (Wildman–Crippen LogP) is 5.42. The van der Waals surface area contributed by atoms with Crippen molar-refractivity contribution in [3.8, 4) is 11.5 Å². The van der Waals surface area contributed by atoms with E-state index >= 15 is 0 Å². The molecular weight excluding hydrogens is 372 g/mol. The molecule has 5 heteroatoms. The summed E-state index contributed by atoms with van der Waals surface area (Å²) in [7, 11) is 0. The summed E-state index contributed by atoms with van der Waals surface area (Å²) < 4.78 is 7.98. The Hall–Kier alpha value is -2.92. The SMILES string of the molecule is Cc1ccc2ncn(Cc3ccc(-c4nc(CN5CCCCCC5)co4)cc3)c2c1. The highest BCUT2D eigenvalue weighted by Gasteiger charge is 2.13. The maximum atomic E-state index is 5.79. The van der Waals surface area contributed by atoms with Crippen LogP contribution in [0.1, 0.15) is 42.5 Å². The van der Waals surface area contributed by atoms with Crippen molar-refractivity contribution in [3.63, 3.8) is 0 Å². The van der Waals surface area contributed by atoms with Crippen molar-refractivity contribution in [2.45, 2.75) is 45.7 Å². The molecule has 0 spiro atoms. The average molecular weight is 401 g/mol. The normalized spacial score (nSPS) is 15.5. The third kappa shape index (κ3) is 4.17. The highest BCUT2D eigenvalue weighted by atomic mass is 16.3. The predicted molar refractivity (Wildman–Crippen MR) is 119 cm³/mol.